The number of anilines is 1. The third-order valence-electron chi connectivity index (χ3n) is 3.45. The molecule has 3 nitrogen and oxygen atoms in total. The molecule has 1 N–H and O–H groups in total. The lowest BCUT2D eigenvalue weighted by atomic mass is 10.0. The summed E-state index contributed by atoms with van der Waals surface area (Å²) in [4.78, 5) is 2.36. The van der Waals surface area contributed by atoms with Gasteiger partial charge in [0, 0.05) is 22.3 Å². The lowest BCUT2D eigenvalue weighted by Gasteiger charge is -2.38. The van der Waals surface area contributed by atoms with Gasteiger partial charge in [0.15, 0.2) is 0 Å². The number of ether oxygens (including phenoxy) is 1. The number of morpholine rings is 1. The van der Waals surface area contributed by atoms with Gasteiger partial charge in [0.25, 0.3) is 0 Å². The SMILES string of the molecule is CCC1COCCN1c1cc(Br)ccc1C(C)O. The molecule has 0 aromatic heterocycles. The van der Waals surface area contributed by atoms with Crippen molar-refractivity contribution in [2.45, 2.75) is 32.4 Å². The Kier molecular flexibility index (Phi) is 4.65. The number of benzene rings is 1. The lowest BCUT2D eigenvalue weighted by molar-refractivity contribution is 0.0925. The van der Waals surface area contributed by atoms with Gasteiger partial charge in [-0.2, -0.15) is 0 Å². The molecule has 0 spiro atoms. The first-order valence-corrected chi connectivity index (χ1v) is 7.24. The van der Waals surface area contributed by atoms with Crippen molar-refractivity contribution in [2.24, 2.45) is 0 Å². The zero-order chi connectivity index (χ0) is 13.1. The smallest absolute Gasteiger partial charge is 0.0782 e. The predicted octanol–water partition coefficient (Wildman–Crippen LogP) is 3.12. The van der Waals surface area contributed by atoms with Crippen molar-refractivity contribution in [3.63, 3.8) is 0 Å². The number of aliphatic hydroxyl groups excluding tert-OH is 1. The molecule has 1 heterocycles. The molecule has 18 heavy (non-hydrogen) atoms. The molecule has 1 aromatic rings. The van der Waals surface area contributed by atoms with Gasteiger partial charge in [-0.1, -0.05) is 28.9 Å². The zero-order valence-corrected chi connectivity index (χ0v) is 12.5. The molecule has 1 aromatic carbocycles. The minimum Gasteiger partial charge on any atom is -0.389 e. The maximum absolute atomic E-state index is 9.91. The van der Waals surface area contributed by atoms with E-state index in [1.807, 2.05) is 19.1 Å². The van der Waals surface area contributed by atoms with Gasteiger partial charge in [0.05, 0.1) is 25.4 Å². The van der Waals surface area contributed by atoms with Gasteiger partial charge >= 0.3 is 0 Å². The Balaban J connectivity index is 2.37. The van der Waals surface area contributed by atoms with Crippen molar-refractivity contribution in [3.05, 3.63) is 28.2 Å². The van der Waals surface area contributed by atoms with Crippen LogP contribution in [0.2, 0.25) is 0 Å². The first kappa shape index (κ1) is 13.8. The van der Waals surface area contributed by atoms with Crippen molar-refractivity contribution in [2.75, 3.05) is 24.7 Å². The van der Waals surface area contributed by atoms with Gasteiger partial charge in [-0.05, 0) is 25.5 Å². The maximum Gasteiger partial charge on any atom is 0.0782 e. The number of hydrogen-bond donors (Lipinski definition) is 1. The molecule has 0 saturated carbocycles. The molecule has 0 bridgehead atoms. The van der Waals surface area contributed by atoms with Crippen LogP contribution in [0.5, 0.6) is 0 Å². The fourth-order valence-electron chi connectivity index (χ4n) is 2.43. The van der Waals surface area contributed by atoms with Gasteiger partial charge < -0.3 is 14.7 Å². The standard InChI is InChI=1S/C14H20BrNO2/c1-3-12-9-18-7-6-16(12)14-8-11(15)4-5-13(14)10(2)17/h4-5,8,10,12,17H,3,6-7,9H2,1-2H3. The van der Waals surface area contributed by atoms with Crippen LogP contribution >= 0.6 is 15.9 Å². The maximum atomic E-state index is 9.91. The highest BCUT2D eigenvalue weighted by atomic mass is 79.9. The summed E-state index contributed by atoms with van der Waals surface area (Å²) in [6, 6.07) is 6.46. The second kappa shape index (κ2) is 6.04. The van der Waals surface area contributed by atoms with E-state index in [0.29, 0.717) is 6.04 Å². The molecule has 0 amide bonds. The summed E-state index contributed by atoms with van der Waals surface area (Å²) in [5.74, 6) is 0. The summed E-state index contributed by atoms with van der Waals surface area (Å²) < 4.78 is 6.58. The monoisotopic (exact) mass is 313 g/mol. The van der Waals surface area contributed by atoms with E-state index >= 15 is 0 Å². The molecule has 1 saturated heterocycles. The van der Waals surface area contributed by atoms with Crippen molar-refractivity contribution >= 4 is 21.6 Å². The zero-order valence-electron chi connectivity index (χ0n) is 10.9. The van der Waals surface area contributed by atoms with E-state index in [-0.39, 0.29) is 0 Å². The Morgan fingerprint density at radius 1 is 1.56 bits per heavy atom. The Morgan fingerprint density at radius 2 is 2.33 bits per heavy atom. The van der Waals surface area contributed by atoms with Crippen LogP contribution in [0, 0.1) is 0 Å². The van der Waals surface area contributed by atoms with Crippen LogP contribution in [-0.4, -0.2) is 30.9 Å². The van der Waals surface area contributed by atoms with E-state index < -0.39 is 6.10 Å². The van der Waals surface area contributed by atoms with Crippen LogP contribution in [0.3, 0.4) is 0 Å². The quantitative estimate of drug-likeness (QED) is 0.930. The summed E-state index contributed by atoms with van der Waals surface area (Å²) in [7, 11) is 0. The van der Waals surface area contributed by atoms with E-state index in [1.54, 1.807) is 0 Å². The summed E-state index contributed by atoms with van der Waals surface area (Å²) in [6.07, 6.45) is 0.597. The Labute approximate surface area is 117 Å². The highest BCUT2D eigenvalue weighted by molar-refractivity contribution is 9.10. The summed E-state index contributed by atoms with van der Waals surface area (Å²) in [6.45, 7) is 6.39. The Morgan fingerprint density at radius 3 is 3.00 bits per heavy atom. The van der Waals surface area contributed by atoms with Gasteiger partial charge in [0.1, 0.15) is 0 Å². The minimum absolute atomic E-state index is 0.394. The molecule has 0 radical (unpaired) electrons. The molecule has 0 aliphatic carbocycles. The molecular weight excluding hydrogens is 294 g/mol. The third-order valence-corrected chi connectivity index (χ3v) is 3.94. The third kappa shape index (κ3) is 2.87. The molecule has 2 atom stereocenters. The first-order chi connectivity index (χ1) is 8.63. The van der Waals surface area contributed by atoms with Crippen LogP contribution < -0.4 is 4.90 Å². The number of nitrogens with zero attached hydrogens (tertiary/aromatic N) is 1. The second-order valence-electron chi connectivity index (χ2n) is 4.71. The van der Waals surface area contributed by atoms with E-state index in [4.69, 9.17) is 4.74 Å². The van der Waals surface area contributed by atoms with Crippen molar-refractivity contribution in [1.82, 2.24) is 0 Å². The normalized spacial score (nSPS) is 22.0. The molecule has 1 aliphatic rings. The van der Waals surface area contributed by atoms with Crippen molar-refractivity contribution in [1.29, 1.82) is 0 Å². The molecule has 2 unspecified atom stereocenters. The highest BCUT2D eigenvalue weighted by Gasteiger charge is 2.24. The fraction of sp³-hybridized carbons (Fsp3) is 0.571. The topological polar surface area (TPSA) is 32.7 Å². The number of halogens is 1. The first-order valence-electron chi connectivity index (χ1n) is 6.45. The number of rotatable bonds is 3. The Hall–Kier alpha value is -0.580. The average Bonchev–Trinajstić information content (AvgIpc) is 2.38. The minimum atomic E-state index is -0.451. The number of aliphatic hydroxyl groups is 1. The van der Waals surface area contributed by atoms with Gasteiger partial charge in [-0.15, -0.1) is 0 Å². The van der Waals surface area contributed by atoms with Crippen LogP contribution in [0.4, 0.5) is 5.69 Å². The van der Waals surface area contributed by atoms with Crippen molar-refractivity contribution in [3.8, 4) is 0 Å². The predicted molar refractivity (Wildman–Crippen MR) is 77.0 cm³/mol. The van der Waals surface area contributed by atoms with Crippen LogP contribution in [0.25, 0.3) is 0 Å². The van der Waals surface area contributed by atoms with E-state index in [1.165, 1.54) is 0 Å². The molecule has 1 aliphatic heterocycles. The van der Waals surface area contributed by atoms with Gasteiger partial charge in [-0.3, -0.25) is 0 Å². The van der Waals surface area contributed by atoms with Crippen molar-refractivity contribution < 1.29 is 9.84 Å². The van der Waals surface area contributed by atoms with Gasteiger partial charge in [0.2, 0.25) is 0 Å². The van der Waals surface area contributed by atoms with Crippen LogP contribution in [-0.2, 0) is 4.74 Å². The van der Waals surface area contributed by atoms with Crippen LogP contribution in [0.15, 0.2) is 22.7 Å². The van der Waals surface area contributed by atoms with E-state index in [0.717, 1.165) is 41.9 Å². The average molecular weight is 314 g/mol. The fourth-order valence-corrected chi connectivity index (χ4v) is 2.78. The highest BCUT2D eigenvalue weighted by Crippen LogP contribution is 2.32. The molecule has 4 heteroatoms. The summed E-state index contributed by atoms with van der Waals surface area (Å²) in [5.41, 5.74) is 2.10. The van der Waals surface area contributed by atoms with Crippen LogP contribution in [0.1, 0.15) is 31.9 Å². The molecule has 2 rings (SSSR count). The summed E-state index contributed by atoms with van der Waals surface area (Å²) in [5, 5.41) is 9.91. The summed E-state index contributed by atoms with van der Waals surface area (Å²) >= 11 is 3.51. The molecular formula is C14H20BrNO2. The second-order valence-corrected chi connectivity index (χ2v) is 5.63. The van der Waals surface area contributed by atoms with E-state index in [9.17, 15) is 5.11 Å². The van der Waals surface area contributed by atoms with Gasteiger partial charge in [-0.25, -0.2) is 0 Å². The number of hydrogen-bond acceptors (Lipinski definition) is 3. The lowest BCUT2D eigenvalue weighted by Crippen LogP contribution is -2.45. The van der Waals surface area contributed by atoms with E-state index in [2.05, 4.69) is 33.8 Å². The largest absolute Gasteiger partial charge is 0.389 e. The molecule has 1 fully saturated rings. The molecule has 100 valence electrons. The Bertz CT molecular complexity index is 409.